The Balaban J connectivity index is 1.96. The van der Waals surface area contributed by atoms with E-state index in [2.05, 4.69) is 6.92 Å². The summed E-state index contributed by atoms with van der Waals surface area (Å²) >= 11 is 0. The second-order valence-electron chi connectivity index (χ2n) is 5.60. The standard InChI is InChI=1S/C17H23NO4/c1-2-12-22-15-4-3-10-18(11-9-15)16(19)13-5-7-14(8-6-13)17(20)21/h5-8,15H,2-4,9-12H2,1H3,(H,20,21). The lowest BCUT2D eigenvalue weighted by atomic mass is 10.1. The maximum Gasteiger partial charge on any atom is 0.335 e. The SMILES string of the molecule is CCCOC1CCCN(C(=O)c2ccc(C(=O)O)cc2)CC1. The number of hydrogen-bond acceptors (Lipinski definition) is 3. The molecule has 2 rings (SSSR count). The minimum Gasteiger partial charge on any atom is -0.478 e. The summed E-state index contributed by atoms with van der Waals surface area (Å²) < 4.78 is 5.78. The number of rotatable bonds is 5. The molecule has 5 nitrogen and oxygen atoms in total. The molecule has 1 saturated heterocycles. The Morgan fingerprint density at radius 3 is 2.50 bits per heavy atom. The highest BCUT2D eigenvalue weighted by molar-refractivity contribution is 5.95. The Kier molecular flexibility index (Phi) is 5.95. The predicted molar refractivity (Wildman–Crippen MR) is 83.2 cm³/mol. The summed E-state index contributed by atoms with van der Waals surface area (Å²) in [6.07, 6.45) is 4.04. The molecule has 0 aliphatic carbocycles. The number of benzene rings is 1. The van der Waals surface area contributed by atoms with Gasteiger partial charge in [-0.1, -0.05) is 6.92 Å². The normalized spacial score (nSPS) is 18.8. The highest BCUT2D eigenvalue weighted by atomic mass is 16.5. The lowest BCUT2D eigenvalue weighted by Crippen LogP contribution is -2.32. The molecule has 1 amide bonds. The molecule has 1 aromatic carbocycles. The van der Waals surface area contributed by atoms with Gasteiger partial charge in [-0.3, -0.25) is 4.79 Å². The van der Waals surface area contributed by atoms with E-state index in [4.69, 9.17) is 9.84 Å². The zero-order valence-electron chi connectivity index (χ0n) is 13.0. The Morgan fingerprint density at radius 1 is 1.18 bits per heavy atom. The molecule has 0 spiro atoms. The Bertz CT molecular complexity index is 512. The van der Waals surface area contributed by atoms with E-state index in [1.54, 1.807) is 12.1 Å². The highest BCUT2D eigenvalue weighted by Gasteiger charge is 2.22. The number of carbonyl (C=O) groups is 2. The average molecular weight is 305 g/mol. The maximum atomic E-state index is 12.5. The molecule has 0 aromatic heterocycles. The van der Waals surface area contributed by atoms with Crippen molar-refractivity contribution in [2.75, 3.05) is 19.7 Å². The molecule has 5 heteroatoms. The second-order valence-corrected chi connectivity index (χ2v) is 5.60. The maximum absolute atomic E-state index is 12.5. The van der Waals surface area contributed by atoms with Gasteiger partial charge >= 0.3 is 5.97 Å². The van der Waals surface area contributed by atoms with E-state index in [0.29, 0.717) is 12.1 Å². The van der Waals surface area contributed by atoms with Gasteiger partial charge in [0.1, 0.15) is 0 Å². The van der Waals surface area contributed by atoms with Crippen molar-refractivity contribution in [1.82, 2.24) is 4.90 Å². The monoisotopic (exact) mass is 305 g/mol. The van der Waals surface area contributed by atoms with Gasteiger partial charge in [0.25, 0.3) is 5.91 Å². The quantitative estimate of drug-likeness (QED) is 0.908. The van der Waals surface area contributed by atoms with E-state index < -0.39 is 5.97 Å². The van der Waals surface area contributed by atoms with Gasteiger partial charge in [-0.05, 0) is 49.9 Å². The van der Waals surface area contributed by atoms with Crippen molar-refractivity contribution in [3.05, 3.63) is 35.4 Å². The predicted octanol–water partition coefficient (Wildman–Crippen LogP) is 2.81. The molecule has 1 atom stereocenters. The number of hydrogen-bond donors (Lipinski definition) is 1. The van der Waals surface area contributed by atoms with Crippen molar-refractivity contribution < 1.29 is 19.4 Å². The number of amides is 1. The number of ether oxygens (including phenoxy) is 1. The van der Waals surface area contributed by atoms with E-state index in [-0.39, 0.29) is 17.6 Å². The Hall–Kier alpha value is -1.88. The van der Waals surface area contributed by atoms with E-state index in [1.165, 1.54) is 12.1 Å². The number of aromatic carboxylic acids is 1. The Labute approximate surface area is 130 Å². The first-order chi connectivity index (χ1) is 10.6. The van der Waals surface area contributed by atoms with Crippen LogP contribution in [-0.2, 0) is 4.74 Å². The number of carboxylic acid groups (broad SMARTS) is 1. The first kappa shape index (κ1) is 16.5. The lowest BCUT2D eigenvalue weighted by molar-refractivity contribution is 0.0432. The minimum atomic E-state index is -0.982. The van der Waals surface area contributed by atoms with Crippen LogP contribution in [0.3, 0.4) is 0 Å². The first-order valence-corrected chi connectivity index (χ1v) is 7.86. The molecule has 120 valence electrons. The van der Waals surface area contributed by atoms with Gasteiger partial charge in [0, 0.05) is 25.3 Å². The Morgan fingerprint density at radius 2 is 1.86 bits per heavy atom. The molecule has 1 aromatic rings. The van der Waals surface area contributed by atoms with Crippen LogP contribution in [0, 0.1) is 0 Å². The van der Waals surface area contributed by atoms with Gasteiger partial charge in [-0.25, -0.2) is 4.79 Å². The lowest BCUT2D eigenvalue weighted by Gasteiger charge is -2.21. The van der Waals surface area contributed by atoms with Gasteiger partial charge in [0.2, 0.25) is 0 Å². The second kappa shape index (κ2) is 7.94. The van der Waals surface area contributed by atoms with Crippen LogP contribution in [0.1, 0.15) is 53.3 Å². The zero-order valence-corrected chi connectivity index (χ0v) is 13.0. The molecule has 1 N–H and O–H groups in total. The molecular weight excluding hydrogens is 282 g/mol. The van der Waals surface area contributed by atoms with Crippen LogP contribution in [0.2, 0.25) is 0 Å². The minimum absolute atomic E-state index is 0.0342. The molecule has 1 aliphatic heterocycles. The van der Waals surface area contributed by atoms with Crippen LogP contribution in [-0.4, -0.2) is 47.7 Å². The summed E-state index contributed by atoms with van der Waals surface area (Å²) in [4.78, 5) is 25.2. The number of carboxylic acids is 1. The van der Waals surface area contributed by atoms with Crippen molar-refractivity contribution in [2.24, 2.45) is 0 Å². The van der Waals surface area contributed by atoms with Gasteiger partial charge in [0.15, 0.2) is 0 Å². The molecule has 0 radical (unpaired) electrons. The molecule has 1 heterocycles. The van der Waals surface area contributed by atoms with E-state index in [9.17, 15) is 9.59 Å². The summed E-state index contributed by atoms with van der Waals surface area (Å²) in [5.41, 5.74) is 0.735. The van der Waals surface area contributed by atoms with Crippen LogP contribution < -0.4 is 0 Å². The third-order valence-corrected chi connectivity index (χ3v) is 3.90. The third kappa shape index (κ3) is 4.31. The van der Waals surface area contributed by atoms with Gasteiger partial charge in [-0.15, -0.1) is 0 Å². The van der Waals surface area contributed by atoms with Crippen molar-refractivity contribution >= 4 is 11.9 Å². The fourth-order valence-electron chi connectivity index (χ4n) is 2.66. The summed E-state index contributed by atoms with van der Waals surface area (Å²) in [5, 5.41) is 8.89. The summed E-state index contributed by atoms with van der Waals surface area (Å²) in [6.45, 7) is 4.28. The fraction of sp³-hybridized carbons (Fsp3) is 0.529. The molecule has 1 aliphatic rings. The van der Waals surface area contributed by atoms with Crippen LogP contribution in [0.4, 0.5) is 0 Å². The van der Waals surface area contributed by atoms with Crippen molar-refractivity contribution in [3.8, 4) is 0 Å². The van der Waals surface area contributed by atoms with Crippen molar-refractivity contribution in [2.45, 2.75) is 38.7 Å². The van der Waals surface area contributed by atoms with E-state index in [1.807, 2.05) is 4.90 Å². The number of likely N-dealkylation sites (tertiary alicyclic amines) is 1. The average Bonchev–Trinajstić information content (AvgIpc) is 2.78. The highest BCUT2D eigenvalue weighted by Crippen LogP contribution is 2.17. The molecule has 0 bridgehead atoms. The molecular formula is C17H23NO4. The summed E-state index contributed by atoms with van der Waals surface area (Å²) in [7, 11) is 0. The van der Waals surface area contributed by atoms with Crippen LogP contribution >= 0.6 is 0 Å². The smallest absolute Gasteiger partial charge is 0.335 e. The van der Waals surface area contributed by atoms with Crippen molar-refractivity contribution in [1.29, 1.82) is 0 Å². The first-order valence-electron chi connectivity index (χ1n) is 7.86. The topological polar surface area (TPSA) is 66.8 Å². The molecule has 1 fully saturated rings. The molecule has 1 unspecified atom stereocenters. The van der Waals surface area contributed by atoms with Crippen molar-refractivity contribution in [3.63, 3.8) is 0 Å². The fourth-order valence-corrected chi connectivity index (χ4v) is 2.66. The summed E-state index contributed by atoms with van der Waals surface area (Å²) in [6, 6.07) is 6.12. The number of nitrogens with zero attached hydrogens (tertiary/aromatic N) is 1. The van der Waals surface area contributed by atoms with Gasteiger partial charge in [0.05, 0.1) is 11.7 Å². The molecule has 0 saturated carbocycles. The summed E-state index contributed by atoms with van der Waals surface area (Å²) in [5.74, 6) is -1.02. The largest absolute Gasteiger partial charge is 0.478 e. The van der Waals surface area contributed by atoms with E-state index in [0.717, 1.165) is 38.8 Å². The third-order valence-electron chi connectivity index (χ3n) is 3.90. The van der Waals surface area contributed by atoms with Gasteiger partial charge < -0.3 is 14.7 Å². The van der Waals surface area contributed by atoms with Crippen LogP contribution in [0.15, 0.2) is 24.3 Å². The zero-order chi connectivity index (χ0) is 15.9. The van der Waals surface area contributed by atoms with Crippen LogP contribution in [0.5, 0.6) is 0 Å². The van der Waals surface area contributed by atoms with E-state index >= 15 is 0 Å². The van der Waals surface area contributed by atoms with Crippen LogP contribution in [0.25, 0.3) is 0 Å². The van der Waals surface area contributed by atoms with Gasteiger partial charge in [-0.2, -0.15) is 0 Å². The number of carbonyl (C=O) groups excluding carboxylic acids is 1. The molecule has 22 heavy (non-hydrogen) atoms.